The van der Waals surface area contributed by atoms with E-state index < -0.39 is 6.10 Å². The lowest BCUT2D eigenvalue weighted by Gasteiger charge is -2.32. The van der Waals surface area contributed by atoms with Crippen molar-refractivity contribution in [3.8, 4) is 5.75 Å². The fourth-order valence-corrected chi connectivity index (χ4v) is 3.42. The zero-order valence-corrected chi connectivity index (χ0v) is 13.8. The fourth-order valence-electron chi connectivity index (χ4n) is 3.42. The van der Waals surface area contributed by atoms with E-state index in [1.807, 2.05) is 18.2 Å². The smallest absolute Gasteiger partial charge is 0.120 e. The number of ether oxygens (including phenoxy) is 1. The Kier molecular flexibility index (Phi) is 5.54. The lowest BCUT2D eigenvalue weighted by atomic mass is 9.98. The SMILES string of the molecule is CC1CCN(C[C@@H]2OC[C@H](NCc3ccccc3O)[C@H]2O)CC1. The van der Waals surface area contributed by atoms with Gasteiger partial charge < -0.3 is 25.2 Å². The second kappa shape index (κ2) is 7.62. The number of para-hydroxylation sites is 1. The molecule has 3 atom stereocenters. The van der Waals surface area contributed by atoms with Gasteiger partial charge in [-0.25, -0.2) is 0 Å². The Balaban J connectivity index is 1.47. The molecular weight excluding hydrogens is 292 g/mol. The number of likely N-dealkylation sites (tertiary alicyclic amines) is 1. The average molecular weight is 320 g/mol. The standard InChI is InChI=1S/C18H28N2O3/c1-13-6-8-20(9-7-13)11-17-18(22)15(12-23-17)19-10-14-4-2-3-5-16(14)21/h2-5,13,15,17-19,21-22H,6-12H2,1H3/t15-,17-,18+/m0/s1. The monoisotopic (exact) mass is 320 g/mol. The maximum absolute atomic E-state index is 10.5. The second-order valence-corrected chi connectivity index (χ2v) is 6.96. The number of rotatable bonds is 5. The van der Waals surface area contributed by atoms with Crippen LogP contribution in [0, 0.1) is 5.92 Å². The van der Waals surface area contributed by atoms with Crippen molar-refractivity contribution in [1.82, 2.24) is 10.2 Å². The Labute approximate surface area is 138 Å². The number of benzene rings is 1. The molecule has 0 spiro atoms. The first-order chi connectivity index (χ1) is 11.1. The van der Waals surface area contributed by atoms with Crippen molar-refractivity contribution in [3.05, 3.63) is 29.8 Å². The molecule has 2 aliphatic rings. The van der Waals surface area contributed by atoms with Crippen LogP contribution in [0.3, 0.4) is 0 Å². The minimum absolute atomic E-state index is 0.0803. The van der Waals surface area contributed by atoms with Crippen molar-refractivity contribution in [2.24, 2.45) is 5.92 Å². The minimum atomic E-state index is -0.500. The summed E-state index contributed by atoms with van der Waals surface area (Å²) >= 11 is 0. The highest BCUT2D eigenvalue weighted by atomic mass is 16.5. The minimum Gasteiger partial charge on any atom is -0.508 e. The molecule has 1 aromatic carbocycles. The maximum Gasteiger partial charge on any atom is 0.120 e. The summed E-state index contributed by atoms with van der Waals surface area (Å²) in [7, 11) is 0. The van der Waals surface area contributed by atoms with Crippen LogP contribution in [0.5, 0.6) is 5.75 Å². The van der Waals surface area contributed by atoms with E-state index in [9.17, 15) is 10.2 Å². The molecule has 5 nitrogen and oxygen atoms in total. The van der Waals surface area contributed by atoms with Crippen molar-refractivity contribution in [3.63, 3.8) is 0 Å². The van der Waals surface area contributed by atoms with Crippen molar-refractivity contribution in [2.75, 3.05) is 26.2 Å². The van der Waals surface area contributed by atoms with Crippen molar-refractivity contribution >= 4 is 0 Å². The van der Waals surface area contributed by atoms with Crippen LogP contribution in [-0.4, -0.2) is 59.6 Å². The third kappa shape index (κ3) is 4.23. The summed E-state index contributed by atoms with van der Waals surface area (Å²) in [6.07, 6.45) is 1.85. The van der Waals surface area contributed by atoms with Gasteiger partial charge in [0.15, 0.2) is 0 Å². The fraction of sp³-hybridized carbons (Fsp3) is 0.667. The molecule has 128 valence electrons. The summed E-state index contributed by atoms with van der Waals surface area (Å²) in [6.45, 7) is 6.36. The third-order valence-electron chi connectivity index (χ3n) is 5.14. The molecule has 2 fully saturated rings. The first kappa shape index (κ1) is 16.7. The Bertz CT molecular complexity index is 503. The van der Waals surface area contributed by atoms with Gasteiger partial charge in [-0.3, -0.25) is 0 Å². The van der Waals surface area contributed by atoms with E-state index in [1.165, 1.54) is 12.8 Å². The summed E-state index contributed by atoms with van der Waals surface area (Å²) in [5.74, 6) is 1.10. The van der Waals surface area contributed by atoms with E-state index in [-0.39, 0.29) is 17.9 Å². The average Bonchev–Trinajstić information content (AvgIpc) is 2.89. The summed E-state index contributed by atoms with van der Waals surface area (Å²) in [5, 5.41) is 23.6. The topological polar surface area (TPSA) is 65.0 Å². The summed E-state index contributed by atoms with van der Waals surface area (Å²) in [4.78, 5) is 2.40. The highest BCUT2D eigenvalue weighted by Crippen LogP contribution is 2.21. The zero-order chi connectivity index (χ0) is 16.2. The lowest BCUT2D eigenvalue weighted by molar-refractivity contribution is 0.00858. The quantitative estimate of drug-likeness (QED) is 0.764. The number of hydrogen-bond donors (Lipinski definition) is 3. The number of aliphatic hydroxyl groups is 1. The second-order valence-electron chi connectivity index (χ2n) is 6.96. The molecule has 1 aromatic rings. The summed E-state index contributed by atoms with van der Waals surface area (Å²) in [5.41, 5.74) is 0.841. The van der Waals surface area contributed by atoms with E-state index in [0.717, 1.165) is 31.1 Å². The zero-order valence-electron chi connectivity index (χ0n) is 13.8. The largest absolute Gasteiger partial charge is 0.508 e. The molecule has 0 radical (unpaired) electrons. The van der Waals surface area contributed by atoms with Crippen LogP contribution in [0.1, 0.15) is 25.3 Å². The van der Waals surface area contributed by atoms with Crippen LogP contribution >= 0.6 is 0 Å². The third-order valence-corrected chi connectivity index (χ3v) is 5.14. The summed E-state index contributed by atoms with van der Waals surface area (Å²) < 4.78 is 5.81. The number of phenolic OH excluding ortho intramolecular Hbond substituents is 1. The van der Waals surface area contributed by atoms with Crippen molar-refractivity contribution < 1.29 is 14.9 Å². The number of aromatic hydroxyl groups is 1. The van der Waals surface area contributed by atoms with E-state index in [1.54, 1.807) is 6.07 Å². The molecular formula is C18H28N2O3. The van der Waals surface area contributed by atoms with Crippen LogP contribution in [0.2, 0.25) is 0 Å². The molecule has 0 aliphatic carbocycles. The number of aliphatic hydroxyl groups excluding tert-OH is 1. The number of nitrogens with zero attached hydrogens (tertiary/aromatic N) is 1. The Hall–Kier alpha value is -1.14. The van der Waals surface area contributed by atoms with Gasteiger partial charge >= 0.3 is 0 Å². The Morgan fingerprint density at radius 3 is 2.74 bits per heavy atom. The van der Waals surface area contributed by atoms with Crippen LogP contribution in [0.4, 0.5) is 0 Å². The predicted octanol–water partition coefficient (Wildman–Crippen LogP) is 1.34. The molecule has 0 bridgehead atoms. The molecule has 3 rings (SSSR count). The van der Waals surface area contributed by atoms with Crippen LogP contribution < -0.4 is 5.32 Å². The number of phenols is 1. The Morgan fingerprint density at radius 1 is 1.26 bits per heavy atom. The van der Waals surface area contributed by atoms with Crippen LogP contribution in [-0.2, 0) is 11.3 Å². The van der Waals surface area contributed by atoms with Gasteiger partial charge in [0.1, 0.15) is 5.75 Å². The molecule has 0 amide bonds. The summed E-state index contributed by atoms with van der Waals surface area (Å²) in [6, 6.07) is 7.19. The van der Waals surface area contributed by atoms with Crippen molar-refractivity contribution in [2.45, 2.75) is 44.6 Å². The molecule has 2 saturated heterocycles. The maximum atomic E-state index is 10.5. The highest BCUT2D eigenvalue weighted by Gasteiger charge is 2.36. The lowest BCUT2D eigenvalue weighted by Crippen LogP contribution is -2.46. The van der Waals surface area contributed by atoms with Crippen LogP contribution in [0.25, 0.3) is 0 Å². The van der Waals surface area contributed by atoms with Crippen molar-refractivity contribution in [1.29, 1.82) is 0 Å². The first-order valence-electron chi connectivity index (χ1n) is 8.66. The van der Waals surface area contributed by atoms with Gasteiger partial charge in [0, 0.05) is 18.7 Å². The molecule has 0 saturated carbocycles. The number of piperidine rings is 1. The van der Waals surface area contributed by atoms with Gasteiger partial charge in [-0.2, -0.15) is 0 Å². The van der Waals surface area contributed by atoms with E-state index in [2.05, 4.69) is 17.1 Å². The van der Waals surface area contributed by atoms with E-state index in [0.29, 0.717) is 13.2 Å². The van der Waals surface area contributed by atoms with Gasteiger partial charge in [0.2, 0.25) is 0 Å². The molecule has 0 aromatic heterocycles. The first-order valence-corrected chi connectivity index (χ1v) is 8.66. The molecule has 23 heavy (non-hydrogen) atoms. The van der Waals surface area contributed by atoms with E-state index in [4.69, 9.17) is 4.74 Å². The number of hydrogen-bond acceptors (Lipinski definition) is 5. The van der Waals surface area contributed by atoms with Crippen LogP contribution in [0.15, 0.2) is 24.3 Å². The molecule has 5 heteroatoms. The molecule has 2 aliphatic heterocycles. The van der Waals surface area contributed by atoms with Gasteiger partial charge in [-0.05, 0) is 37.9 Å². The van der Waals surface area contributed by atoms with Gasteiger partial charge in [-0.1, -0.05) is 25.1 Å². The Morgan fingerprint density at radius 2 is 2.00 bits per heavy atom. The normalized spacial score (nSPS) is 29.9. The molecule has 2 heterocycles. The van der Waals surface area contributed by atoms with Gasteiger partial charge in [0.25, 0.3) is 0 Å². The molecule has 0 unspecified atom stereocenters. The van der Waals surface area contributed by atoms with Gasteiger partial charge in [-0.15, -0.1) is 0 Å². The molecule has 3 N–H and O–H groups in total. The highest BCUT2D eigenvalue weighted by molar-refractivity contribution is 5.31. The predicted molar refractivity (Wildman–Crippen MR) is 89.3 cm³/mol. The number of nitrogens with one attached hydrogen (secondary N) is 1. The van der Waals surface area contributed by atoms with Gasteiger partial charge in [0.05, 0.1) is 24.9 Å². The van der Waals surface area contributed by atoms with E-state index >= 15 is 0 Å².